The third-order valence-corrected chi connectivity index (χ3v) is 11.1. The predicted octanol–water partition coefficient (Wildman–Crippen LogP) is 9.09. The molecule has 0 N–H and O–H groups in total. The van der Waals surface area contributed by atoms with Gasteiger partial charge in [-0.25, -0.2) is 9.97 Å². The fourth-order valence-electron chi connectivity index (χ4n) is 9.14. The third kappa shape index (κ3) is 4.02. The van der Waals surface area contributed by atoms with Gasteiger partial charge in [-0.1, -0.05) is 74.0 Å². The fourth-order valence-corrected chi connectivity index (χ4v) is 9.14. The van der Waals surface area contributed by atoms with Crippen molar-refractivity contribution in [1.29, 1.82) is 0 Å². The average molecular weight is 605 g/mol. The fraction of sp³-hybridized carbons (Fsp3) is 0.300. The highest BCUT2D eigenvalue weighted by Crippen LogP contribution is 2.56. The molecule has 6 heteroatoms. The van der Waals surface area contributed by atoms with E-state index >= 15 is 0 Å². The molecule has 0 saturated heterocycles. The minimum absolute atomic E-state index is 0.0903. The van der Waals surface area contributed by atoms with E-state index in [9.17, 15) is 0 Å². The predicted molar refractivity (Wildman–Crippen MR) is 188 cm³/mol. The molecule has 4 aliphatic rings. The maximum atomic E-state index is 4.98. The zero-order valence-corrected chi connectivity index (χ0v) is 26.8. The Labute approximate surface area is 271 Å². The van der Waals surface area contributed by atoms with E-state index in [1.165, 1.54) is 51.5 Å². The van der Waals surface area contributed by atoms with E-state index in [2.05, 4.69) is 138 Å². The molecular weight excluding hydrogens is 564 g/mol. The number of hydrogen-bond donors (Lipinski definition) is 0. The SMILES string of the molecule is CCC1CC(CC2N(c3ccccc3)c3ccccc3N2c2ccccc2C)C2N(C)c3nccnc3N2c2ccc3cc2C1C3. The van der Waals surface area contributed by atoms with Crippen molar-refractivity contribution in [2.75, 3.05) is 26.6 Å². The third-order valence-electron chi connectivity index (χ3n) is 11.1. The van der Waals surface area contributed by atoms with Crippen molar-refractivity contribution < 1.29 is 0 Å². The van der Waals surface area contributed by atoms with E-state index < -0.39 is 0 Å². The molecule has 5 atom stereocenters. The van der Waals surface area contributed by atoms with Crippen LogP contribution in [0, 0.1) is 18.8 Å². The van der Waals surface area contributed by atoms with Crippen LogP contribution in [0.1, 0.15) is 48.8 Å². The van der Waals surface area contributed by atoms with Gasteiger partial charge in [-0.2, -0.15) is 0 Å². The highest BCUT2D eigenvalue weighted by Gasteiger charge is 2.49. The molecule has 1 aliphatic carbocycles. The molecule has 5 aromatic rings. The molecule has 4 heterocycles. The van der Waals surface area contributed by atoms with Crippen molar-refractivity contribution in [1.82, 2.24) is 9.97 Å². The van der Waals surface area contributed by atoms with Crippen molar-refractivity contribution >= 4 is 40.1 Å². The summed E-state index contributed by atoms with van der Waals surface area (Å²) < 4.78 is 0. The summed E-state index contributed by atoms with van der Waals surface area (Å²) in [5, 5.41) is 0. The molecule has 0 saturated carbocycles. The second kappa shape index (κ2) is 10.6. The van der Waals surface area contributed by atoms with Gasteiger partial charge in [0.05, 0.1) is 11.4 Å². The van der Waals surface area contributed by atoms with E-state index in [-0.39, 0.29) is 12.3 Å². The van der Waals surface area contributed by atoms with Crippen molar-refractivity contribution in [2.24, 2.45) is 11.8 Å². The van der Waals surface area contributed by atoms with Gasteiger partial charge in [0.15, 0.2) is 11.6 Å². The molecule has 6 nitrogen and oxygen atoms in total. The quantitative estimate of drug-likeness (QED) is 0.199. The Morgan fingerprint density at radius 1 is 0.696 bits per heavy atom. The lowest BCUT2D eigenvalue weighted by atomic mass is 9.75. The first kappa shape index (κ1) is 27.5. The van der Waals surface area contributed by atoms with Crippen LogP contribution < -0.4 is 19.6 Å². The van der Waals surface area contributed by atoms with E-state index in [4.69, 9.17) is 9.97 Å². The maximum absolute atomic E-state index is 4.98. The standard InChI is InChI=1S/C40H40N6/c1-4-28-24-29(40-43(3)38-39(42-21-20-41-38)46(40)34-19-18-27-22-31(28)32(34)23-27)25-37-44(30-13-6-5-7-14-30)35-16-10-11-17-36(35)45(37)33-15-9-8-12-26(33)2/h5-21,23,28-29,31,37,40H,4,22,24-25H2,1-3H3. The lowest BCUT2D eigenvalue weighted by Crippen LogP contribution is -2.50. The smallest absolute Gasteiger partial charge is 0.178 e. The van der Waals surface area contributed by atoms with Gasteiger partial charge in [-0.15, -0.1) is 0 Å². The van der Waals surface area contributed by atoms with Gasteiger partial charge in [0.2, 0.25) is 0 Å². The monoisotopic (exact) mass is 604 g/mol. The summed E-state index contributed by atoms with van der Waals surface area (Å²) >= 11 is 0. The van der Waals surface area contributed by atoms with Crippen LogP contribution in [0.2, 0.25) is 0 Å². The molecule has 0 fully saturated rings. The topological polar surface area (TPSA) is 38.7 Å². The van der Waals surface area contributed by atoms with Gasteiger partial charge in [-0.3, -0.25) is 0 Å². The highest BCUT2D eigenvalue weighted by atomic mass is 15.5. The van der Waals surface area contributed by atoms with Gasteiger partial charge < -0.3 is 19.6 Å². The molecule has 1 aromatic heterocycles. The number of anilines is 7. The zero-order valence-electron chi connectivity index (χ0n) is 26.8. The number of nitrogens with zero attached hydrogens (tertiary/aromatic N) is 6. The van der Waals surface area contributed by atoms with E-state index in [0.29, 0.717) is 17.8 Å². The Balaban J connectivity index is 1.23. The van der Waals surface area contributed by atoms with Crippen LogP contribution in [0.5, 0.6) is 0 Å². The van der Waals surface area contributed by atoms with E-state index in [0.717, 1.165) is 30.9 Å². The van der Waals surface area contributed by atoms with Crippen LogP contribution >= 0.6 is 0 Å². The summed E-state index contributed by atoms with van der Waals surface area (Å²) in [6.07, 6.45) is 8.34. The minimum atomic E-state index is 0.0903. The second-order valence-electron chi connectivity index (χ2n) is 13.5. The molecule has 4 aromatic carbocycles. The number of aromatic nitrogens is 2. The average Bonchev–Trinajstić information content (AvgIpc) is 3.69. The Kier molecular flexibility index (Phi) is 6.34. The van der Waals surface area contributed by atoms with Gasteiger partial charge in [0, 0.05) is 42.4 Å². The molecule has 0 radical (unpaired) electrons. The highest BCUT2D eigenvalue weighted by molar-refractivity contribution is 5.89. The van der Waals surface area contributed by atoms with Crippen LogP contribution in [0.25, 0.3) is 0 Å². The number of fused-ring (bicyclic) bond motifs is 6. The van der Waals surface area contributed by atoms with E-state index in [1.54, 1.807) is 0 Å². The van der Waals surface area contributed by atoms with Gasteiger partial charge in [0.25, 0.3) is 0 Å². The molecule has 230 valence electrons. The largest absolute Gasteiger partial charge is 0.335 e. The van der Waals surface area contributed by atoms with Crippen molar-refractivity contribution in [3.8, 4) is 0 Å². The first-order valence-corrected chi connectivity index (χ1v) is 16.9. The first-order valence-electron chi connectivity index (χ1n) is 16.9. The zero-order chi connectivity index (χ0) is 30.9. The lowest BCUT2D eigenvalue weighted by Gasteiger charge is -2.44. The Bertz CT molecular complexity index is 1920. The summed E-state index contributed by atoms with van der Waals surface area (Å²) in [5.41, 5.74) is 10.6. The van der Waals surface area contributed by atoms with Crippen molar-refractivity contribution in [3.63, 3.8) is 0 Å². The van der Waals surface area contributed by atoms with Crippen LogP contribution in [0.3, 0.4) is 0 Å². The summed E-state index contributed by atoms with van der Waals surface area (Å²) in [7, 11) is 2.23. The molecule has 5 unspecified atom stereocenters. The summed E-state index contributed by atoms with van der Waals surface area (Å²) in [6, 6.07) is 36.0. The number of hydrogen-bond acceptors (Lipinski definition) is 6. The minimum Gasteiger partial charge on any atom is -0.335 e. The van der Waals surface area contributed by atoms with E-state index in [1.807, 2.05) is 12.4 Å². The first-order chi connectivity index (χ1) is 22.6. The molecule has 0 amide bonds. The Morgan fingerprint density at radius 2 is 1.39 bits per heavy atom. The molecule has 3 aliphatic heterocycles. The van der Waals surface area contributed by atoms with Crippen LogP contribution in [-0.2, 0) is 6.42 Å². The van der Waals surface area contributed by atoms with Gasteiger partial charge in [-0.05, 0) is 91.1 Å². The molecule has 9 rings (SSSR count). The Hall–Kier alpha value is -4.84. The maximum Gasteiger partial charge on any atom is 0.178 e. The summed E-state index contributed by atoms with van der Waals surface area (Å²) in [6.45, 7) is 4.65. The number of para-hydroxylation sites is 4. The molecule has 2 bridgehead atoms. The van der Waals surface area contributed by atoms with Crippen LogP contribution in [0.4, 0.5) is 40.1 Å². The van der Waals surface area contributed by atoms with Gasteiger partial charge in [0.1, 0.15) is 12.3 Å². The lowest BCUT2D eigenvalue weighted by molar-refractivity contribution is 0.254. The van der Waals surface area contributed by atoms with Crippen molar-refractivity contribution in [2.45, 2.75) is 57.8 Å². The normalized spacial score (nSPS) is 24.0. The summed E-state index contributed by atoms with van der Waals surface area (Å²) in [4.78, 5) is 20.1. The van der Waals surface area contributed by atoms with Gasteiger partial charge >= 0.3 is 0 Å². The molecular formula is C40H40N6. The number of benzene rings is 4. The number of aryl methyl sites for hydroxylation is 1. The summed E-state index contributed by atoms with van der Waals surface area (Å²) in [5.74, 6) is 3.44. The number of rotatable bonds is 5. The Morgan fingerprint density at radius 3 is 2.15 bits per heavy atom. The van der Waals surface area contributed by atoms with Crippen molar-refractivity contribution in [3.05, 3.63) is 126 Å². The molecule has 46 heavy (non-hydrogen) atoms. The second-order valence-corrected chi connectivity index (χ2v) is 13.5. The molecule has 0 spiro atoms. The van der Waals surface area contributed by atoms with Crippen LogP contribution in [-0.4, -0.2) is 29.3 Å². The van der Waals surface area contributed by atoms with Crippen LogP contribution in [0.15, 0.2) is 109 Å².